The van der Waals surface area contributed by atoms with E-state index in [1.165, 1.54) is 24.8 Å². The fourth-order valence-electron chi connectivity index (χ4n) is 3.55. The molecule has 2 saturated carbocycles. The van der Waals surface area contributed by atoms with E-state index in [1.54, 1.807) is 0 Å². The first-order chi connectivity index (χ1) is 7.90. The van der Waals surface area contributed by atoms with Crippen molar-refractivity contribution in [3.63, 3.8) is 0 Å². The summed E-state index contributed by atoms with van der Waals surface area (Å²) in [7, 11) is 0. The molecule has 3 nitrogen and oxygen atoms in total. The first kappa shape index (κ1) is 10.2. The summed E-state index contributed by atoms with van der Waals surface area (Å²) in [6.07, 6.45) is 9.04. The lowest BCUT2D eigenvalue weighted by Crippen LogP contribution is -2.39. The second kappa shape index (κ2) is 4.15. The van der Waals surface area contributed by atoms with E-state index >= 15 is 0 Å². The Labute approximate surface area is 96.4 Å². The van der Waals surface area contributed by atoms with E-state index in [9.17, 15) is 0 Å². The minimum atomic E-state index is 0.444. The molecule has 3 heteroatoms. The average molecular weight is 217 g/mol. The number of nitrogens with two attached hydrogens (primary N) is 1. The van der Waals surface area contributed by atoms with E-state index in [4.69, 9.17) is 5.84 Å². The van der Waals surface area contributed by atoms with Gasteiger partial charge in [-0.15, -0.1) is 0 Å². The molecule has 86 valence electrons. The Morgan fingerprint density at radius 2 is 2.25 bits per heavy atom. The van der Waals surface area contributed by atoms with Gasteiger partial charge in [-0.1, -0.05) is 12.5 Å². The Kier molecular flexibility index (Phi) is 2.65. The van der Waals surface area contributed by atoms with Gasteiger partial charge in [-0.25, -0.2) is 0 Å². The topological polar surface area (TPSA) is 50.9 Å². The Balaban J connectivity index is 1.64. The zero-order chi connectivity index (χ0) is 11.0. The molecule has 2 fully saturated rings. The summed E-state index contributed by atoms with van der Waals surface area (Å²) in [6.45, 7) is 0. The van der Waals surface area contributed by atoms with E-state index in [-0.39, 0.29) is 0 Å². The highest BCUT2D eigenvalue weighted by molar-refractivity contribution is 5.14. The van der Waals surface area contributed by atoms with Crippen molar-refractivity contribution in [2.75, 3.05) is 0 Å². The summed E-state index contributed by atoms with van der Waals surface area (Å²) in [5, 5.41) is 0. The molecule has 3 N–H and O–H groups in total. The van der Waals surface area contributed by atoms with Crippen LogP contribution in [-0.4, -0.2) is 11.0 Å². The molecule has 16 heavy (non-hydrogen) atoms. The smallest absolute Gasteiger partial charge is 0.0300 e. The van der Waals surface area contributed by atoms with Gasteiger partial charge in [-0.3, -0.25) is 16.3 Å². The molecule has 0 aromatic carbocycles. The summed E-state index contributed by atoms with van der Waals surface area (Å²) < 4.78 is 0. The molecule has 0 radical (unpaired) electrons. The van der Waals surface area contributed by atoms with E-state index in [0.717, 1.165) is 24.2 Å². The van der Waals surface area contributed by atoms with Crippen LogP contribution in [0.4, 0.5) is 0 Å². The largest absolute Gasteiger partial charge is 0.271 e. The van der Waals surface area contributed by atoms with Crippen LogP contribution >= 0.6 is 0 Å². The maximum absolute atomic E-state index is 5.69. The summed E-state index contributed by atoms with van der Waals surface area (Å²) >= 11 is 0. The van der Waals surface area contributed by atoms with Gasteiger partial charge in [0, 0.05) is 18.4 Å². The van der Waals surface area contributed by atoms with Gasteiger partial charge in [0.1, 0.15) is 0 Å². The maximum Gasteiger partial charge on any atom is 0.0300 e. The van der Waals surface area contributed by atoms with Gasteiger partial charge in [0.2, 0.25) is 0 Å². The predicted octanol–water partition coefficient (Wildman–Crippen LogP) is 1.50. The molecule has 0 spiro atoms. The Bertz CT molecular complexity index is 341. The van der Waals surface area contributed by atoms with Gasteiger partial charge in [0.05, 0.1) is 0 Å². The van der Waals surface area contributed by atoms with Crippen LogP contribution in [0.25, 0.3) is 0 Å². The van der Waals surface area contributed by atoms with Crippen LogP contribution in [0.15, 0.2) is 24.5 Å². The summed E-state index contributed by atoms with van der Waals surface area (Å²) in [5.41, 5.74) is 4.30. The minimum absolute atomic E-state index is 0.444. The number of pyridine rings is 1. The lowest BCUT2D eigenvalue weighted by atomic mass is 9.98. The van der Waals surface area contributed by atoms with Gasteiger partial charge in [0.15, 0.2) is 0 Å². The van der Waals surface area contributed by atoms with Crippen molar-refractivity contribution in [1.29, 1.82) is 0 Å². The highest BCUT2D eigenvalue weighted by Crippen LogP contribution is 2.59. The van der Waals surface area contributed by atoms with Crippen LogP contribution in [0.1, 0.15) is 24.8 Å². The number of hydrazine groups is 1. The second-order valence-electron chi connectivity index (χ2n) is 5.17. The van der Waals surface area contributed by atoms with Crippen LogP contribution in [0.2, 0.25) is 0 Å². The fourth-order valence-corrected chi connectivity index (χ4v) is 3.55. The summed E-state index contributed by atoms with van der Waals surface area (Å²) in [5.74, 6) is 8.43. The van der Waals surface area contributed by atoms with Crippen molar-refractivity contribution in [3.8, 4) is 0 Å². The molecule has 1 aromatic rings. The fraction of sp³-hybridized carbons (Fsp3) is 0.615. The van der Waals surface area contributed by atoms with Crippen LogP contribution in [0.3, 0.4) is 0 Å². The third kappa shape index (κ3) is 1.74. The zero-order valence-corrected chi connectivity index (χ0v) is 9.47. The molecule has 1 aromatic heterocycles. The van der Waals surface area contributed by atoms with Crippen LogP contribution < -0.4 is 11.3 Å². The van der Waals surface area contributed by atoms with Crippen molar-refractivity contribution in [2.24, 2.45) is 23.6 Å². The lowest BCUT2D eigenvalue weighted by molar-refractivity contribution is 0.410. The minimum Gasteiger partial charge on any atom is -0.271 e. The molecule has 2 aliphatic rings. The molecule has 0 aliphatic heterocycles. The average Bonchev–Trinajstić information content (AvgIpc) is 2.81. The van der Waals surface area contributed by atoms with Crippen LogP contribution in [-0.2, 0) is 6.42 Å². The number of nitrogens with zero attached hydrogens (tertiary/aromatic N) is 1. The van der Waals surface area contributed by atoms with E-state index in [2.05, 4.69) is 16.5 Å². The Morgan fingerprint density at radius 1 is 1.44 bits per heavy atom. The Morgan fingerprint density at radius 3 is 2.88 bits per heavy atom. The van der Waals surface area contributed by atoms with Crippen molar-refractivity contribution in [1.82, 2.24) is 10.4 Å². The SMILES string of the molecule is NNC(Cc1cccnc1)C1C2CCCC21. The molecule has 3 atom stereocenters. The third-order valence-electron chi connectivity index (χ3n) is 4.33. The van der Waals surface area contributed by atoms with Gasteiger partial charge in [0.25, 0.3) is 0 Å². The first-order valence-electron chi connectivity index (χ1n) is 6.25. The molecule has 2 aliphatic carbocycles. The third-order valence-corrected chi connectivity index (χ3v) is 4.33. The molecule has 3 unspecified atom stereocenters. The lowest BCUT2D eigenvalue weighted by Gasteiger charge is -2.17. The number of rotatable bonds is 4. The Hall–Kier alpha value is -0.930. The van der Waals surface area contributed by atoms with Gasteiger partial charge in [-0.2, -0.15) is 0 Å². The molecule has 0 bridgehead atoms. The zero-order valence-electron chi connectivity index (χ0n) is 9.47. The van der Waals surface area contributed by atoms with Crippen molar-refractivity contribution >= 4 is 0 Å². The predicted molar refractivity (Wildman–Crippen MR) is 63.4 cm³/mol. The molecule has 3 rings (SSSR count). The van der Waals surface area contributed by atoms with Crippen molar-refractivity contribution in [3.05, 3.63) is 30.1 Å². The van der Waals surface area contributed by atoms with Crippen LogP contribution in [0, 0.1) is 17.8 Å². The summed E-state index contributed by atoms with van der Waals surface area (Å²) in [6, 6.07) is 4.58. The molecule has 0 amide bonds. The van der Waals surface area contributed by atoms with Crippen molar-refractivity contribution in [2.45, 2.75) is 31.7 Å². The standard InChI is InChI=1S/C13H19N3/c14-16-12(7-9-3-2-6-15-8-9)13-10-4-1-5-11(10)13/h2-3,6,8,10-13,16H,1,4-5,7,14H2. The van der Waals surface area contributed by atoms with E-state index in [0.29, 0.717) is 6.04 Å². The molecule has 1 heterocycles. The second-order valence-corrected chi connectivity index (χ2v) is 5.17. The summed E-state index contributed by atoms with van der Waals surface area (Å²) in [4.78, 5) is 4.16. The van der Waals surface area contributed by atoms with E-state index in [1.807, 2.05) is 18.5 Å². The highest BCUT2D eigenvalue weighted by Gasteiger charge is 2.55. The monoisotopic (exact) mass is 217 g/mol. The maximum atomic E-state index is 5.69. The molecule has 0 saturated heterocycles. The van der Waals surface area contributed by atoms with Gasteiger partial charge in [-0.05, 0) is 48.6 Å². The number of fused-ring (bicyclic) bond motifs is 1. The normalized spacial score (nSPS) is 33.4. The first-order valence-corrected chi connectivity index (χ1v) is 6.25. The highest BCUT2D eigenvalue weighted by atomic mass is 15.2. The molecular formula is C13H19N3. The van der Waals surface area contributed by atoms with Gasteiger partial charge >= 0.3 is 0 Å². The molecular weight excluding hydrogens is 198 g/mol. The number of nitrogens with one attached hydrogen (secondary N) is 1. The number of hydrogen-bond donors (Lipinski definition) is 2. The van der Waals surface area contributed by atoms with Crippen LogP contribution in [0.5, 0.6) is 0 Å². The van der Waals surface area contributed by atoms with Gasteiger partial charge < -0.3 is 0 Å². The number of hydrogen-bond acceptors (Lipinski definition) is 3. The number of aromatic nitrogens is 1. The quantitative estimate of drug-likeness (QED) is 0.593. The van der Waals surface area contributed by atoms with E-state index < -0.39 is 0 Å². The van der Waals surface area contributed by atoms with Crippen molar-refractivity contribution < 1.29 is 0 Å².